The maximum absolute atomic E-state index is 14.9. The van der Waals surface area contributed by atoms with E-state index >= 15 is 0 Å². The van der Waals surface area contributed by atoms with Gasteiger partial charge in [-0.2, -0.15) is 17.7 Å². The number of nitrogens with one attached hydrogen (secondary N) is 2. The quantitative estimate of drug-likeness (QED) is 0.656. The largest absolute Gasteiger partial charge is 0.431 e. The summed E-state index contributed by atoms with van der Waals surface area (Å²) in [7, 11) is -0.185. The standard InChI is InChI=1S/C22H28FN5O4S/c1-27(2)13-9-10-28(11-13)33(30,31)26-21(29)18-12-32-22(24-18)25-20-16-7-3-5-14(16)19(23)15-6-4-8-17(15)20/h12-13H,3-11H2,1-2H3,(H,24,25)(H,26,29). The van der Waals surface area contributed by atoms with E-state index in [1.54, 1.807) is 0 Å². The van der Waals surface area contributed by atoms with Crippen molar-refractivity contribution in [3.8, 4) is 0 Å². The molecule has 11 heteroatoms. The van der Waals surface area contributed by atoms with Gasteiger partial charge in [-0.15, -0.1) is 0 Å². The van der Waals surface area contributed by atoms with Gasteiger partial charge in [-0.1, -0.05) is 0 Å². The van der Waals surface area contributed by atoms with E-state index in [-0.39, 0.29) is 23.6 Å². The van der Waals surface area contributed by atoms with Gasteiger partial charge in [0.25, 0.3) is 11.9 Å². The number of rotatable bonds is 6. The average molecular weight is 478 g/mol. The third kappa shape index (κ3) is 4.02. The van der Waals surface area contributed by atoms with Crippen LogP contribution in [0.1, 0.15) is 52.0 Å². The molecule has 5 rings (SSSR count). The van der Waals surface area contributed by atoms with E-state index < -0.39 is 16.1 Å². The summed E-state index contributed by atoms with van der Waals surface area (Å²) in [5, 5.41) is 3.15. The number of oxazole rings is 1. The summed E-state index contributed by atoms with van der Waals surface area (Å²) in [6.07, 6.45) is 6.60. The number of fused-ring (bicyclic) bond motifs is 2. The Labute approximate surface area is 192 Å². The van der Waals surface area contributed by atoms with Crippen molar-refractivity contribution in [2.75, 3.05) is 32.5 Å². The summed E-state index contributed by atoms with van der Waals surface area (Å²) in [6, 6.07) is 0.194. The fraction of sp³-hybridized carbons (Fsp3) is 0.545. The van der Waals surface area contributed by atoms with E-state index in [1.165, 1.54) is 4.31 Å². The molecule has 9 nitrogen and oxygen atoms in total. The van der Waals surface area contributed by atoms with E-state index in [9.17, 15) is 17.6 Å². The fourth-order valence-electron chi connectivity index (χ4n) is 5.17. The summed E-state index contributed by atoms with van der Waals surface area (Å²) in [4.78, 5) is 18.7. The second-order valence-electron chi connectivity index (χ2n) is 9.17. The van der Waals surface area contributed by atoms with Crippen molar-refractivity contribution in [3.63, 3.8) is 0 Å². The Bertz CT molecular complexity index is 1170. The van der Waals surface area contributed by atoms with Crippen LogP contribution in [0.4, 0.5) is 16.1 Å². The van der Waals surface area contributed by atoms with Crippen molar-refractivity contribution in [1.29, 1.82) is 0 Å². The van der Waals surface area contributed by atoms with Crippen molar-refractivity contribution >= 4 is 27.8 Å². The van der Waals surface area contributed by atoms with Crippen LogP contribution < -0.4 is 10.0 Å². The van der Waals surface area contributed by atoms with Crippen LogP contribution in [0.3, 0.4) is 0 Å². The molecule has 2 heterocycles. The molecule has 2 aliphatic carbocycles. The highest BCUT2D eigenvalue weighted by Crippen LogP contribution is 2.41. The lowest BCUT2D eigenvalue weighted by atomic mass is 9.98. The first-order valence-electron chi connectivity index (χ1n) is 11.3. The summed E-state index contributed by atoms with van der Waals surface area (Å²) >= 11 is 0. The van der Waals surface area contributed by atoms with Crippen LogP contribution in [-0.4, -0.2) is 61.7 Å². The third-order valence-corrected chi connectivity index (χ3v) is 8.41. The van der Waals surface area contributed by atoms with Crippen LogP contribution in [0.2, 0.25) is 0 Å². The van der Waals surface area contributed by atoms with Gasteiger partial charge < -0.3 is 14.6 Å². The van der Waals surface area contributed by atoms with Gasteiger partial charge >= 0.3 is 10.2 Å². The average Bonchev–Trinajstić information content (AvgIpc) is 3.56. The zero-order valence-corrected chi connectivity index (χ0v) is 19.6. The SMILES string of the molecule is CN(C)C1CCN(S(=O)(=O)NC(=O)c2coc(Nc3c4c(c(F)c5c3CCC5)CCC4)n2)C1. The Morgan fingerprint density at radius 1 is 1.15 bits per heavy atom. The van der Waals surface area contributed by atoms with Crippen molar-refractivity contribution in [1.82, 2.24) is 18.9 Å². The monoisotopic (exact) mass is 477 g/mol. The molecule has 1 aromatic carbocycles. The van der Waals surface area contributed by atoms with Crippen molar-refractivity contribution < 1.29 is 22.0 Å². The molecular weight excluding hydrogens is 449 g/mol. The van der Waals surface area contributed by atoms with Gasteiger partial charge in [0.05, 0.1) is 0 Å². The Morgan fingerprint density at radius 3 is 2.39 bits per heavy atom. The number of carbonyl (C=O) groups excluding carboxylic acids is 1. The number of halogens is 1. The van der Waals surface area contributed by atoms with Crippen LogP contribution in [0.5, 0.6) is 0 Å². The number of benzene rings is 1. The molecule has 1 unspecified atom stereocenters. The van der Waals surface area contributed by atoms with Crippen LogP contribution in [0.25, 0.3) is 0 Å². The summed E-state index contributed by atoms with van der Waals surface area (Å²) in [6.45, 7) is 0.667. The highest BCUT2D eigenvalue weighted by atomic mass is 32.2. The maximum Gasteiger partial charge on any atom is 0.304 e. The van der Waals surface area contributed by atoms with Gasteiger partial charge in [0, 0.05) is 24.8 Å². The lowest BCUT2D eigenvalue weighted by Crippen LogP contribution is -2.43. The number of hydrogen-bond donors (Lipinski definition) is 2. The van der Waals surface area contributed by atoms with Gasteiger partial charge in [-0.25, -0.2) is 9.11 Å². The van der Waals surface area contributed by atoms with Crippen molar-refractivity contribution in [3.05, 3.63) is 40.0 Å². The minimum atomic E-state index is -3.98. The number of aromatic nitrogens is 1. The molecule has 178 valence electrons. The normalized spacial score (nSPS) is 20.3. The Hall–Kier alpha value is -2.50. The lowest BCUT2D eigenvalue weighted by Gasteiger charge is -2.20. The Balaban J connectivity index is 1.32. The minimum Gasteiger partial charge on any atom is -0.431 e. The molecule has 0 saturated carbocycles. The van der Waals surface area contributed by atoms with Crippen molar-refractivity contribution in [2.45, 2.75) is 51.0 Å². The second kappa shape index (κ2) is 8.37. The smallest absolute Gasteiger partial charge is 0.304 e. The summed E-state index contributed by atoms with van der Waals surface area (Å²) < 4.78 is 48.9. The Kier molecular flexibility index (Phi) is 5.66. The predicted molar refractivity (Wildman–Crippen MR) is 120 cm³/mol. The fourth-order valence-corrected chi connectivity index (χ4v) is 6.35. The van der Waals surface area contributed by atoms with E-state index in [0.717, 1.165) is 59.9 Å². The molecule has 1 aliphatic heterocycles. The minimum absolute atomic E-state index is 0.0725. The lowest BCUT2D eigenvalue weighted by molar-refractivity contribution is 0.0974. The number of hydrogen-bond acceptors (Lipinski definition) is 7. The molecule has 33 heavy (non-hydrogen) atoms. The molecule has 1 saturated heterocycles. The molecule has 1 atom stereocenters. The topological polar surface area (TPSA) is 108 Å². The maximum atomic E-state index is 14.9. The number of anilines is 2. The molecule has 1 fully saturated rings. The highest BCUT2D eigenvalue weighted by molar-refractivity contribution is 7.87. The van der Waals surface area contributed by atoms with Gasteiger partial charge in [-0.3, -0.25) is 4.79 Å². The molecule has 3 aliphatic rings. The van der Waals surface area contributed by atoms with Gasteiger partial charge in [0.1, 0.15) is 12.1 Å². The van der Waals surface area contributed by atoms with E-state index in [0.29, 0.717) is 32.4 Å². The van der Waals surface area contributed by atoms with Crippen LogP contribution in [-0.2, 0) is 35.9 Å². The molecular formula is C22H28FN5O4S. The molecule has 0 bridgehead atoms. The number of carbonyl (C=O) groups is 1. The number of amides is 1. The summed E-state index contributed by atoms with van der Waals surface area (Å²) in [5.41, 5.74) is 4.10. The van der Waals surface area contributed by atoms with Gasteiger partial charge in [0.15, 0.2) is 5.69 Å². The highest BCUT2D eigenvalue weighted by Gasteiger charge is 2.34. The third-order valence-electron chi connectivity index (χ3n) is 6.96. The molecule has 0 spiro atoms. The molecule has 2 aromatic rings. The zero-order valence-electron chi connectivity index (χ0n) is 18.8. The second-order valence-corrected chi connectivity index (χ2v) is 10.8. The molecule has 1 amide bonds. The Morgan fingerprint density at radius 2 is 1.79 bits per heavy atom. The zero-order chi connectivity index (χ0) is 23.3. The van der Waals surface area contributed by atoms with E-state index in [4.69, 9.17) is 4.42 Å². The molecule has 1 aromatic heterocycles. The van der Waals surface area contributed by atoms with E-state index in [2.05, 4.69) is 15.0 Å². The van der Waals surface area contributed by atoms with Crippen LogP contribution >= 0.6 is 0 Å². The van der Waals surface area contributed by atoms with Crippen LogP contribution in [0.15, 0.2) is 10.7 Å². The molecule has 0 radical (unpaired) electrons. The van der Waals surface area contributed by atoms with Gasteiger partial charge in [-0.05, 0) is 81.3 Å². The van der Waals surface area contributed by atoms with Gasteiger partial charge in [0.2, 0.25) is 0 Å². The number of likely N-dealkylation sites (N-methyl/N-ethyl adjacent to an activating group) is 1. The first kappa shape index (κ1) is 22.3. The molecule has 2 N–H and O–H groups in total. The summed E-state index contributed by atoms with van der Waals surface area (Å²) in [5.74, 6) is -0.925. The van der Waals surface area contributed by atoms with Crippen LogP contribution in [0, 0.1) is 5.82 Å². The van der Waals surface area contributed by atoms with Crippen molar-refractivity contribution in [2.24, 2.45) is 0 Å². The first-order valence-corrected chi connectivity index (χ1v) is 12.7. The first-order chi connectivity index (χ1) is 15.7. The van der Waals surface area contributed by atoms with E-state index in [1.807, 2.05) is 19.0 Å². The predicted octanol–water partition coefficient (Wildman–Crippen LogP) is 2.15. The number of nitrogens with zero attached hydrogens (tertiary/aromatic N) is 3.